The number of hydrogen-bond donors (Lipinski definition) is 2. The van der Waals surface area contributed by atoms with Crippen molar-refractivity contribution in [3.63, 3.8) is 0 Å². The molecule has 3 fully saturated rings. The summed E-state index contributed by atoms with van der Waals surface area (Å²) in [5.41, 5.74) is 1.13. The van der Waals surface area contributed by atoms with Gasteiger partial charge < -0.3 is 15.4 Å². The number of rotatable bonds is 6. The minimum Gasteiger partial charge on any atom is -0.379 e. The van der Waals surface area contributed by atoms with Crippen LogP contribution in [-0.2, 0) is 21.3 Å². The van der Waals surface area contributed by atoms with E-state index in [-0.39, 0.29) is 0 Å². The van der Waals surface area contributed by atoms with Gasteiger partial charge in [0.1, 0.15) is 0 Å². The Bertz CT molecular complexity index is 710. The highest BCUT2D eigenvalue weighted by molar-refractivity contribution is 7.89. The van der Waals surface area contributed by atoms with Crippen LogP contribution in [0.4, 0.5) is 0 Å². The number of sulfonamides is 1. The summed E-state index contributed by atoms with van der Waals surface area (Å²) >= 11 is 0. The fourth-order valence-electron chi connectivity index (χ4n) is 4.69. The molecule has 0 bridgehead atoms. The summed E-state index contributed by atoms with van der Waals surface area (Å²) in [7, 11) is -3.32. The van der Waals surface area contributed by atoms with Crippen LogP contribution in [0.2, 0.25) is 0 Å². The summed E-state index contributed by atoms with van der Waals surface area (Å²) < 4.78 is 32.5. The van der Waals surface area contributed by atoms with Crippen molar-refractivity contribution in [2.75, 3.05) is 32.8 Å². The molecule has 7 heteroatoms. The largest absolute Gasteiger partial charge is 0.379 e. The summed E-state index contributed by atoms with van der Waals surface area (Å²) in [6.07, 6.45) is 5.62. The van der Waals surface area contributed by atoms with Gasteiger partial charge in [0.05, 0.1) is 18.1 Å². The fourth-order valence-corrected chi connectivity index (χ4v) is 6.21. The first kappa shape index (κ1) is 19.3. The molecule has 3 unspecified atom stereocenters. The minimum atomic E-state index is -3.32. The normalized spacial score (nSPS) is 30.0. The predicted octanol–water partition coefficient (Wildman–Crippen LogP) is 1.72. The molecule has 0 amide bonds. The van der Waals surface area contributed by atoms with Crippen LogP contribution in [-0.4, -0.2) is 57.7 Å². The van der Waals surface area contributed by atoms with Gasteiger partial charge in [0.25, 0.3) is 0 Å². The maximum absolute atomic E-state index is 12.6. The zero-order chi connectivity index (χ0) is 18.7. The molecule has 0 aromatic heterocycles. The van der Waals surface area contributed by atoms with E-state index in [1.807, 2.05) is 12.1 Å². The average molecular weight is 394 g/mol. The zero-order valence-electron chi connectivity index (χ0n) is 15.9. The van der Waals surface area contributed by atoms with Gasteiger partial charge in [-0.3, -0.25) is 0 Å². The molecule has 6 nitrogen and oxygen atoms in total. The van der Waals surface area contributed by atoms with E-state index in [2.05, 4.69) is 10.6 Å². The molecule has 1 aliphatic carbocycles. The van der Waals surface area contributed by atoms with Crippen LogP contribution in [0.15, 0.2) is 29.2 Å². The smallest absolute Gasteiger partial charge is 0.243 e. The number of nitrogens with one attached hydrogen (secondary N) is 2. The molecule has 4 rings (SSSR count). The van der Waals surface area contributed by atoms with Gasteiger partial charge in [-0.2, -0.15) is 4.31 Å². The van der Waals surface area contributed by atoms with Crippen LogP contribution in [0.25, 0.3) is 0 Å². The molecule has 27 heavy (non-hydrogen) atoms. The molecule has 3 atom stereocenters. The Morgan fingerprint density at radius 2 is 1.89 bits per heavy atom. The third-order valence-electron chi connectivity index (χ3n) is 6.23. The number of morpholine rings is 1. The zero-order valence-corrected chi connectivity index (χ0v) is 16.7. The molecule has 2 saturated heterocycles. The summed E-state index contributed by atoms with van der Waals surface area (Å²) in [6, 6.07) is 8.36. The first-order valence-corrected chi connectivity index (χ1v) is 11.7. The molecule has 2 N–H and O–H groups in total. The predicted molar refractivity (Wildman–Crippen MR) is 105 cm³/mol. The van der Waals surface area contributed by atoms with E-state index in [9.17, 15) is 8.42 Å². The van der Waals surface area contributed by atoms with E-state index in [4.69, 9.17) is 4.74 Å². The van der Waals surface area contributed by atoms with Crippen molar-refractivity contribution in [3.8, 4) is 0 Å². The summed E-state index contributed by atoms with van der Waals surface area (Å²) in [5, 5.41) is 7.31. The lowest BCUT2D eigenvalue weighted by Gasteiger charge is -2.33. The second kappa shape index (κ2) is 8.57. The number of hydrogen-bond acceptors (Lipinski definition) is 5. The lowest BCUT2D eigenvalue weighted by atomic mass is 9.94. The maximum atomic E-state index is 12.6. The van der Waals surface area contributed by atoms with Crippen LogP contribution in [0, 0.1) is 5.92 Å². The van der Waals surface area contributed by atoms with Crippen molar-refractivity contribution in [1.82, 2.24) is 14.9 Å². The van der Waals surface area contributed by atoms with Gasteiger partial charge in [0, 0.05) is 38.3 Å². The highest BCUT2D eigenvalue weighted by Gasteiger charge is 2.34. The Hall–Kier alpha value is -0.990. The van der Waals surface area contributed by atoms with Crippen LogP contribution < -0.4 is 10.6 Å². The second-order valence-corrected chi connectivity index (χ2v) is 9.91. The molecule has 1 saturated carbocycles. The lowest BCUT2D eigenvalue weighted by Crippen LogP contribution is -2.50. The highest BCUT2D eigenvalue weighted by atomic mass is 32.2. The van der Waals surface area contributed by atoms with Gasteiger partial charge in [-0.1, -0.05) is 18.6 Å². The van der Waals surface area contributed by atoms with Crippen molar-refractivity contribution >= 4 is 10.0 Å². The van der Waals surface area contributed by atoms with E-state index in [1.165, 1.54) is 19.3 Å². The minimum absolute atomic E-state index is 0.412. The van der Waals surface area contributed by atoms with E-state index in [0.717, 1.165) is 44.7 Å². The molecular weight excluding hydrogens is 362 g/mol. The average Bonchev–Trinajstić information content (AvgIpc) is 3.40. The van der Waals surface area contributed by atoms with Crippen molar-refractivity contribution in [2.45, 2.75) is 55.6 Å². The Morgan fingerprint density at radius 3 is 2.59 bits per heavy atom. The topological polar surface area (TPSA) is 70.7 Å². The summed E-state index contributed by atoms with van der Waals surface area (Å²) in [5.74, 6) is 0.611. The summed E-state index contributed by atoms with van der Waals surface area (Å²) in [4.78, 5) is 0.412. The van der Waals surface area contributed by atoms with Gasteiger partial charge in [-0.05, 0) is 49.3 Å². The number of benzene rings is 1. The van der Waals surface area contributed by atoms with E-state index < -0.39 is 10.0 Å². The highest BCUT2D eigenvalue weighted by Crippen LogP contribution is 2.30. The molecule has 2 heterocycles. The van der Waals surface area contributed by atoms with Crippen LogP contribution in [0.5, 0.6) is 0 Å². The number of ether oxygens (including phenoxy) is 1. The molecule has 0 spiro atoms. The van der Waals surface area contributed by atoms with E-state index >= 15 is 0 Å². The Kier molecular flexibility index (Phi) is 6.14. The Balaban J connectivity index is 1.34. The SMILES string of the molecule is O=S(=O)(c1ccc(CNC2CCCC2C2COCCN2)cc1)N1CCCC1. The van der Waals surface area contributed by atoms with Crippen molar-refractivity contribution in [2.24, 2.45) is 5.92 Å². The first-order chi connectivity index (χ1) is 13.1. The molecule has 0 radical (unpaired) electrons. The first-order valence-electron chi connectivity index (χ1n) is 10.3. The van der Waals surface area contributed by atoms with E-state index in [0.29, 0.717) is 36.0 Å². The molecule has 2 aliphatic heterocycles. The van der Waals surface area contributed by atoms with Gasteiger partial charge >= 0.3 is 0 Å². The molecule has 1 aromatic carbocycles. The third-order valence-corrected chi connectivity index (χ3v) is 8.14. The van der Waals surface area contributed by atoms with Crippen molar-refractivity contribution in [1.29, 1.82) is 0 Å². The van der Waals surface area contributed by atoms with Crippen molar-refractivity contribution < 1.29 is 13.2 Å². The fraction of sp³-hybridized carbons (Fsp3) is 0.700. The standard InChI is InChI=1S/C20H31N3O3S/c24-27(25,23-11-1-2-12-23)17-8-6-16(7-9-17)14-22-19-5-3-4-18(19)20-15-26-13-10-21-20/h6-9,18-22H,1-5,10-15H2. The third kappa shape index (κ3) is 4.38. The van der Waals surface area contributed by atoms with Gasteiger partial charge in [-0.25, -0.2) is 8.42 Å². The lowest BCUT2D eigenvalue weighted by molar-refractivity contribution is 0.0524. The van der Waals surface area contributed by atoms with Crippen LogP contribution >= 0.6 is 0 Å². The van der Waals surface area contributed by atoms with Gasteiger partial charge in [-0.15, -0.1) is 0 Å². The molecule has 3 aliphatic rings. The summed E-state index contributed by atoms with van der Waals surface area (Å²) in [6.45, 7) is 4.64. The molecule has 1 aromatic rings. The second-order valence-electron chi connectivity index (χ2n) is 7.97. The Labute approximate surface area is 162 Å². The monoisotopic (exact) mass is 393 g/mol. The Morgan fingerprint density at radius 1 is 1.11 bits per heavy atom. The van der Waals surface area contributed by atoms with Crippen molar-refractivity contribution in [3.05, 3.63) is 29.8 Å². The molecular formula is C20H31N3O3S. The van der Waals surface area contributed by atoms with Gasteiger partial charge in [0.15, 0.2) is 0 Å². The molecule has 150 valence electrons. The van der Waals surface area contributed by atoms with Crippen LogP contribution in [0.1, 0.15) is 37.7 Å². The van der Waals surface area contributed by atoms with Gasteiger partial charge in [0.2, 0.25) is 10.0 Å². The van der Waals surface area contributed by atoms with E-state index in [1.54, 1.807) is 16.4 Å². The van der Waals surface area contributed by atoms with Crippen LogP contribution in [0.3, 0.4) is 0 Å². The number of nitrogens with zero attached hydrogens (tertiary/aromatic N) is 1. The quantitative estimate of drug-likeness (QED) is 0.770. The maximum Gasteiger partial charge on any atom is 0.243 e.